The van der Waals surface area contributed by atoms with E-state index in [1.807, 2.05) is 13.0 Å². The molecule has 1 aliphatic rings. The van der Waals surface area contributed by atoms with Crippen LogP contribution in [0, 0.1) is 13.8 Å². The van der Waals surface area contributed by atoms with Crippen LogP contribution in [0.25, 0.3) is 0 Å². The molecule has 1 aliphatic heterocycles. The molecule has 0 bridgehead atoms. The molecule has 6 nitrogen and oxygen atoms in total. The maximum Gasteiger partial charge on any atom is 0.262 e. The van der Waals surface area contributed by atoms with E-state index in [0.717, 1.165) is 31.5 Å². The van der Waals surface area contributed by atoms with Gasteiger partial charge in [0.25, 0.3) is 15.9 Å². The largest absolute Gasteiger partial charge is 0.348 e. The molecule has 2 aromatic rings. The Hall–Kier alpha value is -2.38. The maximum atomic E-state index is 12.8. The van der Waals surface area contributed by atoms with E-state index in [2.05, 4.69) is 15.4 Å². The van der Waals surface area contributed by atoms with Gasteiger partial charge in [0.05, 0.1) is 4.90 Å². The topological polar surface area (TPSA) is 87.3 Å². The minimum Gasteiger partial charge on any atom is -0.348 e. The Labute approximate surface area is 160 Å². The summed E-state index contributed by atoms with van der Waals surface area (Å²) in [5.41, 5.74) is 2.39. The molecule has 3 rings (SSSR count). The lowest BCUT2D eigenvalue weighted by atomic mass is 10.1. The van der Waals surface area contributed by atoms with E-state index >= 15 is 0 Å². The van der Waals surface area contributed by atoms with Gasteiger partial charge in [-0.3, -0.25) is 9.52 Å². The van der Waals surface area contributed by atoms with Crippen molar-refractivity contribution < 1.29 is 13.2 Å². The number of aryl methyl sites for hydroxylation is 2. The molecule has 0 aromatic heterocycles. The van der Waals surface area contributed by atoms with Gasteiger partial charge in [-0.15, -0.1) is 0 Å². The first-order valence-electron chi connectivity index (χ1n) is 9.07. The van der Waals surface area contributed by atoms with E-state index < -0.39 is 10.0 Å². The van der Waals surface area contributed by atoms with Crippen LogP contribution in [-0.2, 0) is 10.0 Å². The van der Waals surface area contributed by atoms with Crippen molar-refractivity contribution in [2.75, 3.05) is 17.8 Å². The van der Waals surface area contributed by atoms with Gasteiger partial charge < -0.3 is 10.6 Å². The average Bonchev–Trinajstić information content (AvgIpc) is 2.62. The van der Waals surface area contributed by atoms with Crippen LogP contribution in [0.1, 0.15) is 34.3 Å². The fraction of sp³-hybridized carbons (Fsp3) is 0.350. The van der Waals surface area contributed by atoms with Gasteiger partial charge in [-0.2, -0.15) is 0 Å². The Kier molecular flexibility index (Phi) is 5.82. The van der Waals surface area contributed by atoms with Crippen LogP contribution in [0.2, 0.25) is 0 Å². The van der Waals surface area contributed by atoms with Gasteiger partial charge in [0, 0.05) is 23.8 Å². The second-order valence-corrected chi connectivity index (χ2v) is 8.62. The molecule has 0 unspecified atom stereocenters. The van der Waals surface area contributed by atoms with Gasteiger partial charge in [0.2, 0.25) is 0 Å². The van der Waals surface area contributed by atoms with Crippen molar-refractivity contribution in [2.45, 2.75) is 37.6 Å². The molecule has 0 radical (unpaired) electrons. The number of sulfonamides is 1. The summed E-state index contributed by atoms with van der Waals surface area (Å²) in [6, 6.07) is 12.0. The highest BCUT2D eigenvalue weighted by molar-refractivity contribution is 7.92. The zero-order valence-electron chi connectivity index (χ0n) is 15.6. The minimum absolute atomic E-state index is 0.0676. The lowest BCUT2D eigenvalue weighted by Crippen LogP contribution is -2.45. The van der Waals surface area contributed by atoms with Crippen molar-refractivity contribution in [3.63, 3.8) is 0 Å². The highest BCUT2D eigenvalue weighted by Crippen LogP contribution is 2.21. The van der Waals surface area contributed by atoms with E-state index in [0.29, 0.717) is 16.8 Å². The van der Waals surface area contributed by atoms with Crippen molar-refractivity contribution in [2.24, 2.45) is 0 Å². The zero-order valence-corrected chi connectivity index (χ0v) is 16.4. The first-order chi connectivity index (χ1) is 12.8. The molecule has 1 heterocycles. The number of amides is 1. The molecule has 0 saturated carbocycles. The lowest BCUT2D eigenvalue weighted by Gasteiger charge is -2.24. The summed E-state index contributed by atoms with van der Waals surface area (Å²) >= 11 is 0. The number of anilines is 1. The second kappa shape index (κ2) is 8.10. The Morgan fingerprint density at radius 2 is 1.96 bits per heavy atom. The van der Waals surface area contributed by atoms with E-state index in [4.69, 9.17) is 0 Å². The van der Waals surface area contributed by atoms with Gasteiger partial charge in [-0.25, -0.2) is 8.42 Å². The number of nitrogens with one attached hydrogen (secondary N) is 3. The third-order valence-electron chi connectivity index (χ3n) is 4.64. The first-order valence-corrected chi connectivity index (χ1v) is 10.6. The summed E-state index contributed by atoms with van der Waals surface area (Å²) in [6.45, 7) is 5.31. The van der Waals surface area contributed by atoms with Crippen molar-refractivity contribution in [3.05, 3.63) is 59.2 Å². The smallest absolute Gasteiger partial charge is 0.262 e. The Balaban J connectivity index is 1.82. The fourth-order valence-corrected chi connectivity index (χ4v) is 4.51. The third-order valence-corrected chi connectivity index (χ3v) is 6.17. The van der Waals surface area contributed by atoms with Crippen molar-refractivity contribution in [1.82, 2.24) is 10.6 Å². The van der Waals surface area contributed by atoms with E-state index in [-0.39, 0.29) is 16.8 Å². The predicted octanol–water partition coefficient (Wildman–Crippen LogP) is 2.59. The van der Waals surface area contributed by atoms with Gasteiger partial charge in [-0.1, -0.05) is 18.2 Å². The number of rotatable bonds is 5. The molecule has 1 amide bonds. The zero-order chi connectivity index (χ0) is 19.4. The molecule has 2 aromatic carbocycles. The predicted molar refractivity (Wildman–Crippen MR) is 107 cm³/mol. The van der Waals surface area contributed by atoms with Crippen molar-refractivity contribution >= 4 is 21.6 Å². The summed E-state index contributed by atoms with van der Waals surface area (Å²) in [7, 11) is -3.79. The normalized spacial score (nSPS) is 17.3. The maximum absolute atomic E-state index is 12.8. The molecule has 144 valence electrons. The van der Waals surface area contributed by atoms with Gasteiger partial charge in [0.15, 0.2) is 0 Å². The Bertz CT molecular complexity index is 935. The molecule has 1 fully saturated rings. The molecule has 0 aliphatic carbocycles. The van der Waals surface area contributed by atoms with Crippen molar-refractivity contribution in [3.8, 4) is 0 Å². The number of hydrogen-bond donors (Lipinski definition) is 3. The highest BCUT2D eigenvalue weighted by atomic mass is 32.2. The third kappa shape index (κ3) is 4.87. The summed E-state index contributed by atoms with van der Waals surface area (Å²) in [5.74, 6) is -0.254. The number of hydrogen-bond acceptors (Lipinski definition) is 4. The number of benzene rings is 2. The Morgan fingerprint density at radius 1 is 1.15 bits per heavy atom. The van der Waals surface area contributed by atoms with Gasteiger partial charge in [-0.05, 0) is 68.6 Å². The summed E-state index contributed by atoms with van der Waals surface area (Å²) in [5, 5.41) is 6.22. The molecular formula is C20H25N3O3S. The SMILES string of the molecule is Cc1cccc(NS(=O)(=O)c2cc(C(=O)N[C@H]3CCCNC3)ccc2C)c1. The van der Waals surface area contributed by atoms with Crippen LogP contribution in [0.4, 0.5) is 5.69 Å². The van der Waals surface area contributed by atoms with Crippen LogP contribution in [-0.4, -0.2) is 33.5 Å². The van der Waals surface area contributed by atoms with Gasteiger partial charge in [0.1, 0.15) is 0 Å². The molecule has 27 heavy (non-hydrogen) atoms. The number of piperidine rings is 1. The monoisotopic (exact) mass is 387 g/mol. The average molecular weight is 388 g/mol. The molecule has 7 heteroatoms. The number of carbonyl (C=O) groups is 1. The summed E-state index contributed by atoms with van der Waals surface area (Å²) < 4.78 is 28.3. The van der Waals surface area contributed by atoms with Crippen molar-refractivity contribution in [1.29, 1.82) is 0 Å². The van der Waals surface area contributed by atoms with Crippen LogP contribution < -0.4 is 15.4 Å². The quantitative estimate of drug-likeness (QED) is 0.736. The molecule has 1 atom stereocenters. The van der Waals surface area contributed by atoms with Crippen LogP contribution in [0.3, 0.4) is 0 Å². The van der Waals surface area contributed by atoms with E-state index in [9.17, 15) is 13.2 Å². The van der Waals surface area contributed by atoms with Crippen LogP contribution in [0.15, 0.2) is 47.4 Å². The van der Waals surface area contributed by atoms with Crippen LogP contribution in [0.5, 0.6) is 0 Å². The molecular weight excluding hydrogens is 362 g/mol. The lowest BCUT2D eigenvalue weighted by molar-refractivity contribution is 0.0930. The number of carbonyl (C=O) groups excluding carboxylic acids is 1. The minimum atomic E-state index is -3.79. The Morgan fingerprint density at radius 3 is 2.67 bits per heavy atom. The van der Waals surface area contributed by atoms with Crippen LogP contribution >= 0.6 is 0 Å². The second-order valence-electron chi connectivity index (χ2n) is 6.97. The standard InChI is InChI=1S/C20H25N3O3S/c1-14-5-3-6-17(11-14)23-27(25,26)19-12-16(9-8-15(19)2)20(24)22-18-7-4-10-21-13-18/h3,5-6,8-9,11-12,18,21,23H,4,7,10,13H2,1-2H3,(H,22,24)/t18-/m0/s1. The molecule has 1 saturated heterocycles. The van der Waals surface area contributed by atoms with Gasteiger partial charge >= 0.3 is 0 Å². The molecule has 3 N–H and O–H groups in total. The summed E-state index contributed by atoms with van der Waals surface area (Å²) in [6.07, 6.45) is 1.93. The fourth-order valence-electron chi connectivity index (χ4n) is 3.19. The van der Waals surface area contributed by atoms with E-state index in [1.165, 1.54) is 6.07 Å². The first kappa shape index (κ1) is 19.4. The molecule has 0 spiro atoms. The summed E-state index contributed by atoms with van der Waals surface area (Å²) in [4.78, 5) is 12.7. The highest BCUT2D eigenvalue weighted by Gasteiger charge is 2.21. The van der Waals surface area contributed by atoms with E-state index in [1.54, 1.807) is 37.3 Å².